The molecule has 1 aliphatic rings. The fourth-order valence-corrected chi connectivity index (χ4v) is 2.46. The van der Waals surface area contributed by atoms with Crippen LogP contribution in [0.25, 0.3) is 0 Å². The molecule has 2 rings (SSSR count). The number of ether oxygens (including phenoxy) is 1. The minimum atomic E-state index is 0.607. The van der Waals surface area contributed by atoms with Gasteiger partial charge in [0, 0.05) is 30.9 Å². The van der Waals surface area contributed by atoms with E-state index in [2.05, 4.69) is 28.2 Å². The smallest absolute Gasteiger partial charge is 0.217 e. The predicted octanol–water partition coefficient (Wildman–Crippen LogP) is 1.66. The van der Waals surface area contributed by atoms with Crippen LogP contribution < -0.4 is 10.1 Å². The number of pyridine rings is 1. The van der Waals surface area contributed by atoms with E-state index in [4.69, 9.17) is 4.74 Å². The number of hydrogen-bond acceptors (Lipinski definition) is 4. The Labute approximate surface area is 109 Å². The summed E-state index contributed by atoms with van der Waals surface area (Å²) in [4.78, 5) is 6.75. The van der Waals surface area contributed by atoms with E-state index < -0.39 is 0 Å². The number of hydrogen-bond donors (Lipinski definition) is 1. The Morgan fingerprint density at radius 2 is 2.44 bits per heavy atom. The van der Waals surface area contributed by atoms with E-state index in [9.17, 15) is 0 Å². The Kier molecular flexibility index (Phi) is 4.96. The average molecular weight is 249 g/mol. The molecule has 0 spiro atoms. The van der Waals surface area contributed by atoms with Gasteiger partial charge >= 0.3 is 0 Å². The first-order valence-corrected chi connectivity index (χ1v) is 6.77. The first-order chi connectivity index (χ1) is 8.83. The number of aromatic nitrogens is 1. The van der Waals surface area contributed by atoms with E-state index in [1.807, 2.05) is 6.07 Å². The van der Waals surface area contributed by atoms with E-state index in [0.29, 0.717) is 6.04 Å². The van der Waals surface area contributed by atoms with Crippen LogP contribution in [0.15, 0.2) is 18.3 Å². The fraction of sp³-hybridized carbons (Fsp3) is 0.643. The van der Waals surface area contributed by atoms with Crippen LogP contribution in [-0.2, 0) is 6.54 Å². The van der Waals surface area contributed by atoms with Gasteiger partial charge in [0.15, 0.2) is 0 Å². The highest BCUT2D eigenvalue weighted by atomic mass is 16.5. The highest BCUT2D eigenvalue weighted by Crippen LogP contribution is 2.17. The van der Waals surface area contributed by atoms with Crippen LogP contribution >= 0.6 is 0 Å². The van der Waals surface area contributed by atoms with Crippen molar-refractivity contribution in [1.82, 2.24) is 15.2 Å². The Bertz CT molecular complexity index is 370. The summed E-state index contributed by atoms with van der Waals surface area (Å²) >= 11 is 0. The van der Waals surface area contributed by atoms with Crippen molar-refractivity contribution in [2.75, 3.05) is 26.7 Å². The van der Waals surface area contributed by atoms with E-state index in [1.54, 1.807) is 13.3 Å². The lowest BCUT2D eigenvalue weighted by molar-refractivity contribution is 0.252. The maximum Gasteiger partial charge on any atom is 0.217 e. The van der Waals surface area contributed by atoms with Crippen molar-refractivity contribution in [1.29, 1.82) is 0 Å². The van der Waals surface area contributed by atoms with Crippen molar-refractivity contribution < 1.29 is 4.74 Å². The molecule has 100 valence electrons. The Morgan fingerprint density at radius 1 is 1.56 bits per heavy atom. The maximum atomic E-state index is 5.32. The van der Waals surface area contributed by atoms with Crippen LogP contribution in [0.3, 0.4) is 0 Å². The second-order valence-electron chi connectivity index (χ2n) is 4.82. The molecule has 0 aromatic carbocycles. The molecule has 1 unspecified atom stereocenters. The minimum Gasteiger partial charge on any atom is -0.481 e. The number of methoxy groups -OCH3 is 1. The molecule has 4 heteroatoms. The summed E-state index contributed by atoms with van der Waals surface area (Å²) in [6.07, 6.45) is 4.17. The normalized spacial score (nSPS) is 21.6. The van der Waals surface area contributed by atoms with Crippen LogP contribution in [0.2, 0.25) is 0 Å². The highest BCUT2D eigenvalue weighted by Gasteiger charge is 2.17. The molecule has 1 atom stereocenters. The molecule has 1 aromatic rings. The summed E-state index contributed by atoms with van der Waals surface area (Å²) in [6, 6.07) is 4.69. The van der Waals surface area contributed by atoms with Gasteiger partial charge < -0.3 is 10.1 Å². The van der Waals surface area contributed by atoms with Gasteiger partial charge in [-0.25, -0.2) is 4.98 Å². The van der Waals surface area contributed by atoms with Crippen molar-refractivity contribution in [2.24, 2.45) is 0 Å². The quantitative estimate of drug-likeness (QED) is 0.880. The Hall–Kier alpha value is -1.13. The van der Waals surface area contributed by atoms with Crippen molar-refractivity contribution in [3.63, 3.8) is 0 Å². The first-order valence-electron chi connectivity index (χ1n) is 6.77. The monoisotopic (exact) mass is 249 g/mol. The third-order valence-electron chi connectivity index (χ3n) is 3.49. The van der Waals surface area contributed by atoms with Crippen LogP contribution in [0.1, 0.15) is 25.3 Å². The van der Waals surface area contributed by atoms with Crippen LogP contribution in [0.4, 0.5) is 0 Å². The lowest BCUT2D eigenvalue weighted by Crippen LogP contribution is -2.36. The number of nitrogens with one attached hydrogen (secondary N) is 1. The minimum absolute atomic E-state index is 0.607. The molecule has 0 bridgehead atoms. The van der Waals surface area contributed by atoms with Crippen LogP contribution in [0, 0.1) is 0 Å². The van der Waals surface area contributed by atoms with Gasteiger partial charge in [-0.1, -0.05) is 13.0 Å². The molecule has 1 aromatic heterocycles. The SMILES string of the molecule is CCC1CN(Cc2cccnc2OC)CCCN1. The second kappa shape index (κ2) is 6.71. The number of rotatable bonds is 4. The summed E-state index contributed by atoms with van der Waals surface area (Å²) in [5.41, 5.74) is 1.18. The zero-order chi connectivity index (χ0) is 12.8. The summed E-state index contributed by atoms with van der Waals surface area (Å²) in [7, 11) is 1.69. The lowest BCUT2D eigenvalue weighted by Gasteiger charge is -2.24. The summed E-state index contributed by atoms with van der Waals surface area (Å²) in [5.74, 6) is 0.753. The van der Waals surface area contributed by atoms with Crippen molar-refractivity contribution >= 4 is 0 Å². The molecule has 1 fully saturated rings. The standard InChI is InChI=1S/C14H23N3O/c1-3-13-11-17(9-5-8-15-13)10-12-6-4-7-16-14(12)18-2/h4,6-7,13,15H,3,5,8-11H2,1-2H3. The van der Waals surface area contributed by atoms with Gasteiger partial charge in [-0.3, -0.25) is 4.90 Å². The van der Waals surface area contributed by atoms with Gasteiger partial charge in [0.25, 0.3) is 0 Å². The highest BCUT2D eigenvalue weighted by molar-refractivity contribution is 5.25. The third-order valence-corrected chi connectivity index (χ3v) is 3.49. The molecule has 2 heterocycles. The number of nitrogens with zero attached hydrogens (tertiary/aromatic N) is 2. The summed E-state index contributed by atoms with van der Waals surface area (Å²) in [5, 5.41) is 3.59. The fourth-order valence-electron chi connectivity index (χ4n) is 2.46. The zero-order valence-electron chi connectivity index (χ0n) is 11.4. The van der Waals surface area contributed by atoms with Gasteiger partial charge in [0.1, 0.15) is 0 Å². The summed E-state index contributed by atoms with van der Waals surface area (Å²) < 4.78 is 5.32. The van der Waals surface area contributed by atoms with Crippen molar-refractivity contribution in [2.45, 2.75) is 32.4 Å². The average Bonchev–Trinajstić information content (AvgIpc) is 2.64. The molecular formula is C14H23N3O. The predicted molar refractivity (Wildman–Crippen MR) is 72.8 cm³/mol. The molecule has 1 saturated heterocycles. The molecule has 1 N–H and O–H groups in total. The molecule has 0 aliphatic carbocycles. The third kappa shape index (κ3) is 3.43. The van der Waals surface area contributed by atoms with Crippen molar-refractivity contribution in [3.8, 4) is 5.88 Å². The van der Waals surface area contributed by atoms with Crippen LogP contribution in [0.5, 0.6) is 5.88 Å². The van der Waals surface area contributed by atoms with E-state index >= 15 is 0 Å². The molecule has 0 amide bonds. The Morgan fingerprint density at radius 3 is 3.22 bits per heavy atom. The largest absolute Gasteiger partial charge is 0.481 e. The van der Waals surface area contributed by atoms with Crippen molar-refractivity contribution in [3.05, 3.63) is 23.9 Å². The molecule has 18 heavy (non-hydrogen) atoms. The molecular weight excluding hydrogens is 226 g/mol. The lowest BCUT2D eigenvalue weighted by atomic mass is 10.2. The maximum absolute atomic E-state index is 5.32. The van der Waals surface area contributed by atoms with E-state index in [0.717, 1.165) is 32.1 Å². The van der Waals surface area contributed by atoms with Gasteiger partial charge in [-0.15, -0.1) is 0 Å². The van der Waals surface area contributed by atoms with Crippen LogP contribution in [-0.4, -0.2) is 42.7 Å². The van der Waals surface area contributed by atoms with Gasteiger partial charge in [-0.05, 0) is 32.0 Å². The van der Waals surface area contributed by atoms with Gasteiger partial charge in [-0.2, -0.15) is 0 Å². The van der Waals surface area contributed by atoms with Gasteiger partial charge in [0.05, 0.1) is 7.11 Å². The molecule has 0 saturated carbocycles. The van der Waals surface area contributed by atoms with Gasteiger partial charge in [0.2, 0.25) is 5.88 Å². The molecule has 0 radical (unpaired) electrons. The molecule has 1 aliphatic heterocycles. The molecule has 4 nitrogen and oxygen atoms in total. The first kappa shape index (κ1) is 13.3. The topological polar surface area (TPSA) is 37.4 Å². The Balaban J connectivity index is 2.02. The summed E-state index contributed by atoms with van der Waals surface area (Å²) in [6.45, 7) is 6.54. The van der Waals surface area contributed by atoms with E-state index in [-0.39, 0.29) is 0 Å². The van der Waals surface area contributed by atoms with E-state index in [1.165, 1.54) is 18.4 Å². The zero-order valence-corrected chi connectivity index (χ0v) is 11.4. The second-order valence-corrected chi connectivity index (χ2v) is 4.82.